The van der Waals surface area contributed by atoms with Gasteiger partial charge in [-0.25, -0.2) is 4.98 Å². The van der Waals surface area contributed by atoms with Gasteiger partial charge in [0.2, 0.25) is 0 Å². The molecule has 27 heavy (non-hydrogen) atoms. The Hall–Kier alpha value is -1.73. The summed E-state index contributed by atoms with van der Waals surface area (Å²) in [6, 6.07) is 0.186. The smallest absolute Gasteiger partial charge is 0.313 e. The van der Waals surface area contributed by atoms with E-state index in [0.29, 0.717) is 12.0 Å². The van der Waals surface area contributed by atoms with Gasteiger partial charge in [0, 0.05) is 10.9 Å². The lowest BCUT2D eigenvalue weighted by molar-refractivity contribution is -0.145. The second-order valence-corrected chi connectivity index (χ2v) is 8.77. The van der Waals surface area contributed by atoms with Gasteiger partial charge in [0.15, 0.2) is 0 Å². The number of likely N-dealkylation sites (tertiary alicyclic amines) is 1. The Morgan fingerprint density at radius 2 is 2.04 bits per heavy atom. The molecule has 0 amide bonds. The molecule has 0 bridgehead atoms. The third kappa shape index (κ3) is 3.21. The number of carbonyl (C=O) groups excluding carboxylic acids is 1. The third-order valence-corrected chi connectivity index (χ3v) is 7.08. The van der Waals surface area contributed by atoms with Crippen molar-refractivity contribution in [2.75, 3.05) is 26.7 Å². The number of hydrogen-bond donors (Lipinski definition) is 0. The molecule has 4 rings (SSSR count). The van der Waals surface area contributed by atoms with E-state index < -0.39 is 0 Å². The van der Waals surface area contributed by atoms with Crippen LogP contribution in [0.25, 0.3) is 10.2 Å². The highest BCUT2D eigenvalue weighted by Crippen LogP contribution is 2.41. The van der Waals surface area contributed by atoms with Gasteiger partial charge in [-0.05, 0) is 71.7 Å². The van der Waals surface area contributed by atoms with Crippen molar-refractivity contribution in [2.24, 2.45) is 0 Å². The minimum absolute atomic E-state index is 0.0285. The molecule has 146 valence electrons. The molecule has 1 aliphatic heterocycles. The SMILES string of the molecule is CCOC(=O)C1CCCc2sc3nc(C)n(C4CCN(C)CC4)c(=O)c3c21. The molecule has 1 unspecified atom stereocenters. The normalized spacial score (nSPS) is 21.4. The predicted octanol–water partition coefficient (Wildman–Crippen LogP) is 3.02. The lowest BCUT2D eigenvalue weighted by Gasteiger charge is -2.31. The van der Waals surface area contributed by atoms with Gasteiger partial charge in [-0.1, -0.05) is 0 Å². The van der Waals surface area contributed by atoms with Crippen molar-refractivity contribution < 1.29 is 9.53 Å². The quantitative estimate of drug-likeness (QED) is 0.755. The van der Waals surface area contributed by atoms with Gasteiger partial charge in [-0.2, -0.15) is 0 Å². The number of aryl methyl sites for hydroxylation is 2. The van der Waals surface area contributed by atoms with Crippen LogP contribution in [0.15, 0.2) is 4.79 Å². The Morgan fingerprint density at radius 1 is 1.30 bits per heavy atom. The largest absolute Gasteiger partial charge is 0.466 e. The first-order valence-corrected chi connectivity index (χ1v) is 10.7. The van der Waals surface area contributed by atoms with Crippen molar-refractivity contribution in [3.8, 4) is 0 Å². The fourth-order valence-corrected chi connectivity index (χ4v) is 5.87. The molecule has 6 nitrogen and oxygen atoms in total. The second-order valence-electron chi connectivity index (χ2n) is 7.68. The molecule has 0 radical (unpaired) electrons. The van der Waals surface area contributed by atoms with Crippen molar-refractivity contribution in [3.05, 3.63) is 26.6 Å². The van der Waals surface area contributed by atoms with Gasteiger partial charge in [-0.3, -0.25) is 14.2 Å². The number of piperidine rings is 1. The number of hydrogen-bond acceptors (Lipinski definition) is 6. The zero-order chi connectivity index (χ0) is 19.1. The first-order valence-electron chi connectivity index (χ1n) is 9.90. The van der Waals surface area contributed by atoms with Crippen LogP contribution < -0.4 is 5.56 Å². The summed E-state index contributed by atoms with van der Waals surface area (Å²) in [6.07, 6.45) is 4.53. The minimum atomic E-state index is -0.328. The second kappa shape index (κ2) is 7.36. The number of rotatable bonds is 3. The Kier molecular flexibility index (Phi) is 5.07. The molecule has 2 aromatic heterocycles. The van der Waals surface area contributed by atoms with Crippen molar-refractivity contribution in [3.63, 3.8) is 0 Å². The highest BCUT2D eigenvalue weighted by molar-refractivity contribution is 7.18. The third-order valence-electron chi connectivity index (χ3n) is 5.92. The maximum absolute atomic E-state index is 13.6. The predicted molar refractivity (Wildman–Crippen MR) is 107 cm³/mol. The molecule has 0 N–H and O–H groups in total. The van der Waals surface area contributed by atoms with Crippen LogP contribution in [-0.4, -0.2) is 47.2 Å². The maximum Gasteiger partial charge on any atom is 0.313 e. The van der Waals surface area contributed by atoms with Crippen molar-refractivity contribution in [2.45, 2.75) is 57.9 Å². The number of esters is 1. The first kappa shape index (κ1) is 18.6. The molecule has 1 saturated heterocycles. The molecule has 0 saturated carbocycles. The van der Waals surface area contributed by atoms with Gasteiger partial charge in [0.25, 0.3) is 5.56 Å². The zero-order valence-electron chi connectivity index (χ0n) is 16.3. The fraction of sp³-hybridized carbons (Fsp3) is 0.650. The lowest BCUT2D eigenvalue weighted by atomic mass is 9.86. The van der Waals surface area contributed by atoms with Gasteiger partial charge in [0.05, 0.1) is 17.9 Å². The van der Waals surface area contributed by atoms with Gasteiger partial charge < -0.3 is 9.64 Å². The Labute approximate surface area is 163 Å². The molecular weight excluding hydrogens is 362 g/mol. The minimum Gasteiger partial charge on any atom is -0.466 e. The Balaban J connectivity index is 1.86. The fourth-order valence-electron chi connectivity index (χ4n) is 4.56. The number of fused-ring (bicyclic) bond motifs is 3. The van der Waals surface area contributed by atoms with Crippen molar-refractivity contribution in [1.82, 2.24) is 14.5 Å². The molecule has 1 aliphatic carbocycles. The van der Waals surface area contributed by atoms with Gasteiger partial charge in [-0.15, -0.1) is 11.3 Å². The van der Waals surface area contributed by atoms with Gasteiger partial charge >= 0.3 is 5.97 Å². The number of thiophene rings is 1. The van der Waals surface area contributed by atoms with E-state index in [-0.39, 0.29) is 23.5 Å². The molecule has 7 heteroatoms. The van der Waals surface area contributed by atoms with Crippen LogP contribution in [0.4, 0.5) is 0 Å². The highest BCUT2D eigenvalue weighted by Gasteiger charge is 2.34. The summed E-state index contributed by atoms with van der Waals surface area (Å²) in [5.74, 6) is 0.253. The van der Waals surface area contributed by atoms with Crippen LogP contribution in [0, 0.1) is 6.92 Å². The van der Waals surface area contributed by atoms with Crippen LogP contribution in [0.1, 0.15) is 60.8 Å². The van der Waals surface area contributed by atoms with Crippen molar-refractivity contribution in [1.29, 1.82) is 0 Å². The lowest BCUT2D eigenvalue weighted by Crippen LogP contribution is -2.37. The van der Waals surface area contributed by atoms with Crippen LogP contribution in [0.3, 0.4) is 0 Å². The molecular formula is C20H27N3O3S. The Morgan fingerprint density at radius 3 is 2.74 bits per heavy atom. The molecule has 2 aromatic rings. The summed E-state index contributed by atoms with van der Waals surface area (Å²) < 4.78 is 7.20. The van der Waals surface area contributed by atoms with E-state index in [2.05, 4.69) is 11.9 Å². The average molecular weight is 390 g/mol. The number of nitrogens with zero attached hydrogens (tertiary/aromatic N) is 3. The van der Waals surface area contributed by atoms with Crippen LogP contribution >= 0.6 is 11.3 Å². The average Bonchev–Trinajstić information content (AvgIpc) is 3.01. The van der Waals surface area contributed by atoms with E-state index in [9.17, 15) is 9.59 Å². The molecule has 0 spiro atoms. The summed E-state index contributed by atoms with van der Waals surface area (Å²) in [6.45, 7) is 6.10. The van der Waals surface area contributed by atoms with E-state index in [1.165, 1.54) is 0 Å². The zero-order valence-corrected chi connectivity index (χ0v) is 17.1. The summed E-state index contributed by atoms with van der Waals surface area (Å²) in [5, 5.41) is 0.664. The number of aromatic nitrogens is 2. The molecule has 3 heterocycles. The summed E-state index contributed by atoms with van der Waals surface area (Å²) in [7, 11) is 2.12. The van der Waals surface area contributed by atoms with E-state index in [0.717, 1.165) is 66.3 Å². The van der Waals surface area contributed by atoms with E-state index in [4.69, 9.17) is 9.72 Å². The molecule has 1 fully saturated rings. The van der Waals surface area contributed by atoms with E-state index in [1.807, 2.05) is 18.4 Å². The van der Waals surface area contributed by atoms with Crippen molar-refractivity contribution >= 4 is 27.5 Å². The molecule has 1 atom stereocenters. The Bertz CT molecular complexity index is 925. The van der Waals surface area contributed by atoms with Crippen LogP contribution in [0.5, 0.6) is 0 Å². The summed E-state index contributed by atoms with van der Waals surface area (Å²) in [4.78, 5) is 35.1. The van der Waals surface area contributed by atoms with E-state index >= 15 is 0 Å². The number of ether oxygens (including phenoxy) is 1. The van der Waals surface area contributed by atoms with Crippen LogP contribution in [-0.2, 0) is 16.0 Å². The monoisotopic (exact) mass is 389 g/mol. The highest BCUT2D eigenvalue weighted by atomic mass is 32.1. The first-order chi connectivity index (χ1) is 13.0. The summed E-state index contributed by atoms with van der Waals surface area (Å²) >= 11 is 1.58. The van der Waals surface area contributed by atoms with E-state index in [1.54, 1.807) is 11.3 Å². The topological polar surface area (TPSA) is 64.4 Å². The molecule has 2 aliphatic rings. The van der Waals surface area contributed by atoms with Gasteiger partial charge in [0.1, 0.15) is 10.7 Å². The molecule has 0 aromatic carbocycles. The maximum atomic E-state index is 13.6. The summed E-state index contributed by atoms with van der Waals surface area (Å²) in [5.41, 5.74) is 0.930. The standard InChI is InChI=1S/C20H27N3O3S/c1-4-26-20(25)14-6-5-7-15-16(14)17-18(27-15)21-12(2)23(19(17)24)13-8-10-22(3)11-9-13/h13-14H,4-11H2,1-3H3. The number of carbonyl (C=O) groups is 1. The van der Waals surface area contributed by atoms with Crippen LogP contribution in [0.2, 0.25) is 0 Å².